The molecule has 2 aromatic heterocycles. The van der Waals surface area contributed by atoms with Crippen molar-refractivity contribution in [2.24, 2.45) is 0 Å². The lowest BCUT2D eigenvalue weighted by Gasteiger charge is -2.02. The zero-order chi connectivity index (χ0) is 12.3. The number of nitrogens with zero attached hydrogens (tertiary/aromatic N) is 2. The maximum absolute atomic E-state index is 11.8. The van der Waals surface area contributed by atoms with Crippen LogP contribution in [-0.2, 0) is 0 Å². The molecular formula is C11H12N4OS. The van der Waals surface area contributed by atoms with Crippen LogP contribution in [0.15, 0.2) is 24.5 Å². The molecule has 0 spiro atoms. The molecule has 5 nitrogen and oxygen atoms in total. The van der Waals surface area contributed by atoms with Crippen LogP contribution < -0.4 is 10.6 Å². The third-order valence-corrected chi connectivity index (χ3v) is 2.95. The van der Waals surface area contributed by atoms with Crippen LogP contribution in [0.5, 0.6) is 0 Å². The Labute approximate surface area is 103 Å². The average Bonchev–Trinajstić information content (AvgIpc) is 2.75. The second-order valence-electron chi connectivity index (χ2n) is 3.41. The Bertz CT molecular complexity index is 521. The number of nitrogens with one attached hydrogen (secondary N) is 2. The van der Waals surface area contributed by atoms with E-state index in [0.29, 0.717) is 10.7 Å². The van der Waals surface area contributed by atoms with E-state index in [-0.39, 0.29) is 5.91 Å². The standard InChI is InChI=1S/C11H12N4OS/c1-7-5-14-11(17-7)15-10(16)8-3-4-9(12-2)13-6-8/h3-6H,1-2H3,(H,12,13)(H,14,15,16). The number of aromatic nitrogens is 2. The second-order valence-corrected chi connectivity index (χ2v) is 4.65. The van der Waals surface area contributed by atoms with Gasteiger partial charge in [-0.05, 0) is 19.1 Å². The lowest BCUT2D eigenvalue weighted by molar-refractivity contribution is 0.102. The number of anilines is 2. The van der Waals surface area contributed by atoms with Gasteiger partial charge in [0.25, 0.3) is 5.91 Å². The summed E-state index contributed by atoms with van der Waals surface area (Å²) >= 11 is 1.44. The van der Waals surface area contributed by atoms with Gasteiger partial charge in [-0.15, -0.1) is 11.3 Å². The van der Waals surface area contributed by atoms with E-state index in [4.69, 9.17) is 0 Å². The summed E-state index contributed by atoms with van der Waals surface area (Å²) in [4.78, 5) is 21.0. The minimum absolute atomic E-state index is 0.200. The lowest BCUT2D eigenvalue weighted by Crippen LogP contribution is -2.12. The summed E-state index contributed by atoms with van der Waals surface area (Å²) in [5.41, 5.74) is 0.511. The summed E-state index contributed by atoms with van der Waals surface area (Å²) in [6, 6.07) is 3.47. The molecule has 0 aromatic carbocycles. The highest BCUT2D eigenvalue weighted by Gasteiger charge is 2.08. The number of amides is 1. The van der Waals surface area contributed by atoms with Gasteiger partial charge in [-0.3, -0.25) is 10.1 Å². The lowest BCUT2D eigenvalue weighted by atomic mass is 10.2. The first-order chi connectivity index (χ1) is 8.19. The van der Waals surface area contributed by atoms with Crippen LogP contribution in [0.4, 0.5) is 10.9 Å². The van der Waals surface area contributed by atoms with E-state index < -0.39 is 0 Å². The molecular weight excluding hydrogens is 236 g/mol. The Morgan fingerprint density at radius 3 is 2.65 bits per heavy atom. The number of hydrogen-bond acceptors (Lipinski definition) is 5. The van der Waals surface area contributed by atoms with Crippen LogP contribution in [0.1, 0.15) is 15.2 Å². The van der Waals surface area contributed by atoms with E-state index in [1.165, 1.54) is 17.5 Å². The SMILES string of the molecule is CNc1ccc(C(=O)Nc2ncc(C)s2)cn1. The van der Waals surface area contributed by atoms with Gasteiger partial charge < -0.3 is 5.32 Å². The van der Waals surface area contributed by atoms with Crippen molar-refractivity contribution in [2.45, 2.75) is 6.92 Å². The average molecular weight is 248 g/mol. The van der Waals surface area contributed by atoms with Crippen LogP contribution in [0, 0.1) is 6.92 Å². The fourth-order valence-electron chi connectivity index (χ4n) is 1.26. The van der Waals surface area contributed by atoms with E-state index in [1.807, 2.05) is 6.92 Å². The molecule has 0 saturated heterocycles. The van der Waals surface area contributed by atoms with Crippen molar-refractivity contribution in [1.82, 2.24) is 9.97 Å². The third kappa shape index (κ3) is 2.79. The van der Waals surface area contributed by atoms with Gasteiger partial charge in [-0.25, -0.2) is 9.97 Å². The van der Waals surface area contributed by atoms with Crippen LogP contribution >= 0.6 is 11.3 Å². The maximum atomic E-state index is 11.8. The molecule has 0 saturated carbocycles. The van der Waals surface area contributed by atoms with Crippen LogP contribution in [0.2, 0.25) is 0 Å². The van der Waals surface area contributed by atoms with E-state index in [0.717, 1.165) is 10.7 Å². The fourth-order valence-corrected chi connectivity index (χ4v) is 1.92. The van der Waals surface area contributed by atoms with E-state index in [2.05, 4.69) is 20.6 Å². The highest BCUT2D eigenvalue weighted by molar-refractivity contribution is 7.15. The summed E-state index contributed by atoms with van der Waals surface area (Å²) in [5, 5.41) is 6.22. The van der Waals surface area contributed by atoms with Gasteiger partial charge in [0.05, 0.1) is 5.56 Å². The number of aryl methyl sites for hydroxylation is 1. The Morgan fingerprint density at radius 2 is 2.12 bits per heavy atom. The van der Waals surface area contributed by atoms with Crippen LogP contribution in [0.3, 0.4) is 0 Å². The summed E-state index contributed by atoms with van der Waals surface area (Å²) in [5.74, 6) is 0.529. The van der Waals surface area contributed by atoms with Crippen molar-refractivity contribution >= 4 is 28.2 Å². The minimum atomic E-state index is -0.200. The summed E-state index contributed by atoms with van der Waals surface area (Å²) in [6.07, 6.45) is 3.25. The number of hydrogen-bond donors (Lipinski definition) is 2. The van der Waals surface area contributed by atoms with Crippen molar-refractivity contribution in [3.63, 3.8) is 0 Å². The van der Waals surface area contributed by atoms with Gasteiger partial charge in [0, 0.05) is 24.3 Å². The number of carbonyl (C=O) groups is 1. The quantitative estimate of drug-likeness (QED) is 0.873. The van der Waals surface area contributed by atoms with Crippen LogP contribution in [-0.4, -0.2) is 22.9 Å². The van der Waals surface area contributed by atoms with E-state index in [9.17, 15) is 4.79 Å². The molecule has 2 N–H and O–H groups in total. The first kappa shape index (κ1) is 11.5. The molecule has 0 fully saturated rings. The molecule has 0 aliphatic carbocycles. The van der Waals surface area contributed by atoms with Crippen molar-refractivity contribution in [3.8, 4) is 0 Å². The molecule has 2 rings (SSSR count). The molecule has 0 bridgehead atoms. The molecule has 0 radical (unpaired) electrons. The molecule has 0 unspecified atom stereocenters. The van der Waals surface area contributed by atoms with Gasteiger partial charge in [0.2, 0.25) is 0 Å². The minimum Gasteiger partial charge on any atom is -0.373 e. The van der Waals surface area contributed by atoms with E-state index >= 15 is 0 Å². The molecule has 6 heteroatoms. The molecule has 1 amide bonds. The molecule has 0 aliphatic heterocycles. The van der Waals surface area contributed by atoms with Crippen LogP contribution in [0.25, 0.3) is 0 Å². The van der Waals surface area contributed by atoms with E-state index in [1.54, 1.807) is 25.4 Å². The topological polar surface area (TPSA) is 66.9 Å². The molecule has 88 valence electrons. The molecule has 2 aromatic rings. The molecule has 17 heavy (non-hydrogen) atoms. The zero-order valence-corrected chi connectivity index (χ0v) is 10.3. The zero-order valence-electron chi connectivity index (χ0n) is 9.52. The molecule has 0 aliphatic rings. The fraction of sp³-hybridized carbons (Fsp3) is 0.182. The third-order valence-electron chi connectivity index (χ3n) is 2.12. The predicted molar refractivity (Wildman–Crippen MR) is 68.6 cm³/mol. The maximum Gasteiger partial charge on any atom is 0.259 e. The first-order valence-electron chi connectivity index (χ1n) is 5.06. The molecule has 0 atom stereocenters. The normalized spacial score (nSPS) is 10.0. The Hall–Kier alpha value is -1.95. The van der Waals surface area contributed by atoms with Crippen molar-refractivity contribution in [2.75, 3.05) is 17.7 Å². The Morgan fingerprint density at radius 1 is 1.29 bits per heavy atom. The van der Waals surface area contributed by atoms with Gasteiger partial charge in [0.1, 0.15) is 5.82 Å². The Kier molecular flexibility index (Phi) is 3.34. The molecule has 2 heterocycles. The van der Waals surface area contributed by atoms with Crippen molar-refractivity contribution < 1.29 is 4.79 Å². The number of thiazole rings is 1. The smallest absolute Gasteiger partial charge is 0.259 e. The largest absolute Gasteiger partial charge is 0.373 e. The Balaban J connectivity index is 2.09. The van der Waals surface area contributed by atoms with Gasteiger partial charge in [-0.1, -0.05) is 0 Å². The van der Waals surface area contributed by atoms with Crippen molar-refractivity contribution in [3.05, 3.63) is 35.0 Å². The summed E-state index contributed by atoms with van der Waals surface area (Å²) in [6.45, 7) is 1.94. The summed E-state index contributed by atoms with van der Waals surface area (Å²) < 4.78 is 0. The van der Waals surface area contributed by atoms with Gasteiger partial charge in [0.15, 0.2) is 5.13 Å². The van der Waals surface area contributed by atoms with Gasteiger partial charge in [-0.2, -0.15) is 0 Å². The second kappa shape index (κ2) is 4.92. The van der Waals surface area contributed by atoms with Gasteiger partial charge >= 0.3 is 0 Å². The first-order valence-corrected chi connectivity index (χ1v) is 5.88. The number of pyridine rings is 1. The number of rotatable bonds is 3. The highest BCUT2D eigenvalue weighted by Crippen LogP contribution is 2.17. The predicted octanol–water partition coefficient (Wildman–Crippen LogP) is 2.14. The monoisotopic (exact) mass is 248 g/mol. The van der Waals surface area contributed by atoms with Crippen molar-refractivity contribution in [1.29, 1.82) is 0 Å². The number of carbonyl (C=O) groups excluding carboxylic acids is 1. The summed E-state index contributed by atoms with van der Waals surface area (Å²) in [7, 11) is 1.78. The highest BCUT2D eigenvalue weighted by atomic mass is 32.1.